The van der Waals surface area contributed by atoms with Crippen LogP contribution in [0.2, 0.25) is 0 Å². The molecule has 1 atom stereocenters. The van der Waals surface area contributed by atoms with Gasteiger partial charge in [-0.2, -0.15) is 0 Å². The summed E-state index contributed by atoms with van der Waals surface area (Å²) in [6.45, 7) is 3.90. The van der Waals surface area contributed by atoms with E-state index >= 15 is 0 Å². The van der Waals surface area contributed by atoms with E-state index < -0.39 is 0 Å². The minimum atomic E-state index is -0.368. The van der Waals surface area contributed by atoms with Gasteiger partial charge in [-0.25, -0.2) is 4.79 Å². The fourth-order valence-corrected chi connectivity index (χ4v) is 3.45. The van der Waals surface area contributed by atoms with Crippen LogP contribution in [0.25, 0.3) is 0 Å². The number of amides is 4. The molecule has 2 N–H and O–H groups in total. The molecule has 1 fully saturated rings. The van der Waals surface area contributed by atoms with Gasteiger partial charge in [-0.3, -0.25) is 14.5 Å². The summed E-state index contributed by atoms with van der Waals surface area (Å²) in [6.07, 6.45) is 1.83. The van der Waals surface area contributed by atoms with E-state index in [4.69, 9.17) is 0 Å². The van der Waals surface area contributed by atoms with E-state index in [1.807, 2.05) is 6.07 Å². The quantitative estimate of drug-likeness (QED) is 0.720. The van der Waals surface area contributed by atoms with Crippen LogP contribution in [0.4, 0.5) is 10.5 Å². The van der Waals surface area contributed by atoms with Crippen molar-refractivity contribution in [3.63, 3.8) is 0 Å². The summed E-state index contributed by atoms with van der Waals surface area (Å²) in [5.41, 5.74) is 2.61. The summed E-state index contributed by atoms with van der Waals surface area (Å²) in [5, 5.41) is 5.39. The Balaban J connectivity index is 1.37. The lowest BCUT2D eigenvalue weighted by Gasteiger charge is -2.25. The Hall–Kier alpha value is -2.57. The van der Waals surface area contributed by atoms with Crippen LogP contribution >= 0.6 is 0 Å². The Morgan fingerprint density at radius 2 is 2.08 bits per heavy atom. The molecule has 4 amide bonds. The largest absolute Gasteiger partial charge is 0.367 e. The number of urea groups is 1. The van der Waals surface area contributed by atoms with Crippen molar-refractivity contribution in [1.82, 2.24) is 15.5 Å². The van der Waals surface area contributed by atoms with Gasteiger partial charge in [0, 0.05) is 37.8 Å². The third kappa shape index (κ3) is 3.92. The molecule has 0 radical (unpaired) electrons. The van der Waals surface area contributed by atoms with Crippen molar-refractivity contribution < 1.29 is 14.4 Å². The molecule has 1 aromatic carbocycles. The van der Waals surface area contributed by atoms with Gasteiger partial charge in [0.25, 0.3) is 0 Å². The number of carbonyl (C=O) groups is 3. The van der Waals surface area contributed by atoms with E-state index in [1.54, 1.807) is 0 Å². The highest BCUT2D eigenvalue weighted by Crippen LogP contribution is 2.31. The summed E-state index contributed by atoms with van der Waals surface area (Å²) in [4.78, 5) is 38.3. The second-order valence-electron chi connectivity index (χ2n) is 6.53. The van der Waals surface area contributed by atoms with Crippen molar-refractivity contribution >= 4 is 23.5 Å². The number of nitrogens with one attached hydrogen (secondary N) is 2. The average molecular weight is 344 g/mol. The van der Waals surface area contributed by atoms with E-state index in [-0.39, 0.29) is 30.9 Å². The van der Waals surface area contributed by atoms with Gasteiger partial charge in [0.15, 0.2) is 0 Å². The predicted molar refractivity (Wildman–Crippen MR) is 94.3 cm³/mol. The number of rotatable bonds is 7. The van der Waals surface area contributed by atoms with Crippen molar-refractivity contribution in [3.8, 4) is 0 Å². The van der Waals surface area contributed by atoms with Gasteiger partial charge in [0.2, 0.25) is 11.8 Å². The van der Waals surface area contributed by atoms with Gasteiger partial charge in [0.1, 0.15) is 0 Å². The Kier molecular flexibility index (Phi) is 5.21. The van der Waals surface area contributed by atoms with E-state index in [0.717, 1.165) is 17.9 Å². The molecule has 1 saturated heterocycles. The molecule has 1 unspecified atom stereocenters. The highest BCUT2D eigenvalue weighted by atomic mass is 16.2. The van der Waals surface area contributed by atoms with Crippen LogP contribution in [0.1, 0.15) is 25.3 Å². The highest BCUT2D eigenvalue weighted by molar-refractivity contribution is 6.01. The van der Waals surface area contributed by atoms with Crippen molar-refractivity contribution in [1.29, 1.82) is 0 Å². The minimum Gasteiger partial charge on any atom is -0.367 e. The first kappa shape index (κ1) is 17.3. The molecule has 25 heavy (non-hydrogen) atoms. The molecule has 0 spiro atoms. The lowest BCUT2D eigenvalue weighted by atomic mass is 10.1. The number of imide groups is 1. The van der Waals surface area contributed by atoms with Gasteiger partial charge < -0.3 is 15.5 Å². The lowest BCUT2D eigenvalue weighted by Crippen LogP contribution is -2.38. The van der Waals surface area contributed by atoms with Gasteiger partial charge in [-0.15, -0.1) is 0 Å². The molecule has 134 valence electrons. The Bertz CT molecular complexity index is 660. The zero-order valence-corrected chi connectivity index (χ0v) is 14.5. The molecule has 3 rings (SSSR count). The first-order valence-electron chi connectivity index (χ1n) is 8.75. The van der Waals surface area contributed by atoms with Crippen LogP contribution in [0.3, 0.4) is 0 Å². The van der Waals surface area contributed by atoms with Crippen LogP contribution < -0.4 is 15.5 Å². The second kappa shape index (κ2) is 7.55. The van der Waals surface area contributed by atoms with E-state index in [0.29, 0.717) is 25.4 Å². The molecule has 7 nitrogen and oxygen atoms in total. The molecular formula is C18H24N4O3. The van der Waals surface area contributed by atoms with Crippen molar-refractivity contribution in [2.45, 2.75) is 32.2 Å². The first-order valence-corrected chi connectivity index (χ1v) is 8.75. The number of benzene rings is 1. The summed E-state index contributed by atoms with van der Waals surface area (Å²) in [5.74, 6) is -0.278. The third-order valence-electron chi connectivity index (χ3n) is 4.75. The van der Waals surface area contributed by atoms with Crippen LogP contribution in [0, 0.1) is 0 Å². The lowest BCUT2D eigenvalue weighted by molar-refractivity contribution is -0.126. The Labute approximate surface area is 147 Å². The fourth-order valence-electron chi connectivity index (χ4n) is 3.45. The van der Waals surface area contributed by atoms with Gasteiger partial charge in [0.05, 0.1) is 6.54 Å². The number of hydrogen-bond donors (Lipinski definition) is 2. The molecule has 2 aliphatic heterocycles. The van der Waals surface area contributed by atoms with Crippen LogP contribution in [-0.2, 0) is 16.0 Å². The highest BCUT2D eigenvalue weighted by Gasteiger charge is 2.28. The van der Waals surface area contributed by atoms with Crippen LogP contribution in [0.5, 0.6) is 0 Å². The molecule has 0 bridgehead atoms. The second-order valence-corrected chi connectivity index (χ2v) is 6.53. The standard InChI is InChI=1S/C18H24N4O3/c1-13-11-14-5-2-3-6-15(14)21(13)10-8-19-16(23)7-4-9-22-17(24)12-20-18(22)25/h2-3,5-6,13H,4,7-12H2,1H3,(H,19,23)(H,20,25). The predicted octanol–water partition coefficient (Wildman–Crippen LogP) is 0.886. The zero-order chi connectivity index (χ0) is 17.8. The number of anilines is 1. The normalized spacial score (nSPS) is 19.2. The molecule has 2 heterocycles. The smallest absolute Gasteiger partial charge is 0.324 e. The zero-order valence-electron chi connectivity index (χ0n) is 14.5. The van der Waals surface area contributed by atoms with Crippen molar-refractivity contribution in [3.05, 3.63) is 29.8 Å². The molecule has 2 aliphatic rings. The SMILES string of the molecule is CC1Cc2ccccc2N1CCNC(=O)CCCN1C(=O)CNC1=O. The number of hydrogen-bond acceptors (Lipinski definition) is 4. The van der Waals surface area contributed by atoms with Gasteiger partial charge in [-0.05, 0) is 31.4 Å². The summed E-state index contributed by atoms with van der Waals surface area (Å²) in [6, 6.07) is 8.44. The molecular weight excluding hydrogens is 320 g/mol. The molecule has 1 aromatic rings. The summed E-state index contributed by atoms with van der Waals surface area (Å²) in [7, 11) is 0. The number of carbonyl (C=O) groups excluding carboxylic acids is 3. The molecule has 0 aliphatic carbocycles. The molecule has 0 saturated carbocycles. The topological polar surface area (TPSA) is 81.8 Å². The third-order valence-corrected chi connectivity index (χ3v) is 4.75. The maximum absolute atomic E-state index is 11.9. The Morgan fingerprint density at radius 3 is 2.84 bits per heavy atom. The van der Waals surface area contributed by atoms with Crippen LogP contribution in [0.15, 0.2) is 24.3 Å². The monoisotopic (exact) mass is 344 g/mol. The van der Waals surface area contributed by atoms with E-state index in [9.17, 15) is 14.4 Å². The van der Waals surface area contributed by atoms with E-state index in [2.05, 4.69) is 40.7 Å². The van der Waals surface area contributed by atoms with Crippen LogP contribution in [-0.4, -0.2) is 55.0 Å². The van der Waals surface area contributed by atoms with Gasteiger partial charge in [-0.1, -0.05) is 18.2 Å². The maximum Gasteiger partial charge on any atom is 0.324 e. The van der Waals surface area contributed by atoms with Crippen molar-refractivity contribution in [2.24, 2.45) is 0 Å². The summed E-state index contributed by atoms with van der Waals surface area (Å²) < 4.78 is 0. The van der Waals surface area contributed by atoms with Gasteiger partial charge >= 0.3 is 6.03 Å². The number of para-hydroxylation sites is 1. The maximum atomic E-state index is 11.9. The number of fused-ring (bicyclic) bond motifs is 1. The minimum absolute atomic E-state index is 0.0489. The van der Waals surface area contributed by atoms with E-state index in [1.165, 1.54) is 11.3 Å². The van der Waals surface area contributed by atoms with Crippen molar-refractivity contribution in [2.75, 3.05) is 31.1 Å². The fraction of sp³-hybridized carbons (Fsp3) is 0.500. The Morgan fingerprint density at radius 1 is 1.28 bits per heavy atom. The number of nitrogens with zero attached hydrogens (tertiary/aromatic N) is 2. The summed E-state index contributed by atoms with van der Waals surface area (Å²) >= 11 is 0. The average Bonchev–Trinajstić information content (AvgIpc) is 3.08. The molecule has 7 heteroatoms. The molecule has 0 aromatic heterocycles. The first-order chi connectivity index (χ1) is 12.1.